The zero-order valence-electron chi connectivity index (χ0n) is 20.6. The number of hydrogen-bond donors (Lipinski definition) is 2. The van der Waals surface area contributed by atoms with Crippen molar-refractivity contribution in [2.75, 3.05) is 11.5 Å². The van der Waals surface area contributed by atoms with Crippen molar-refractivity contribution in [1.82, 2.24) is 0 Å². The van der Waals surface area contributed by atoms with Gasteiger partial charge >= 0.3 is 12.4 Å². The molecule has 0 aliphatic heterocycles. The molecule has 0 unspecified atom stereocenters. The fraction of sp³-hybridized carbons (Fsp3) is 0.172. The third-order valence-electron chi connectivity index (χ3n) is 6.11. The number of nitrogen functional groups attached to an aromatic ring is 2. The second-order valence-corrected chi connectivity index (χ2v) is 8.74. The van der Waals surface area contributed by atoms with Crippen LogP contribution in [0.5, 0.6) is 23.0 Å². The molecule has 4 rings (SSSR count). The van der Waals surface area contributed by atoms with Gasteiger partial charge in [0.1, 0.15) is 34.1 Å². The fourth-order valence-electron chi connectivity index (χ4n) is 4.33. The summed E-state index contributed by atoms with van der Waals surface area (Å²) in [6, 6.07) is 20.7. The molecule has 0 atom stereocenters. The van der Waals surface area contributed by atoms with Gasteiger partial charge in [0.25, 0.3) is 0 Å². The van der Waals surface area contributed by atoms with Gasteiger partial charge in [0.15, 0.2) is 0 Å². The van der Waals surface area contributed by atoms with E-state index in [0.29, 0.717) is 6.42 Å². The Morgan fingerprint density at radius 2 is 0.949 bits per heavy atom. The third-order valence-corrected chi connectivity index (χ3v) is 6.11. The lowest BCUT2D eigenvalue weighted by Crippen LogP contribution is -2.10. The Kier molecular flexibility index (Phi) is 7.67. The zero-order valence-corrected chi connectivity index (χ0v) is 20.6. The highest BCUT2D eigenvalue weighted by atomic mass is 19.4. The van der Waals surface area contributed by atoms with Crippen LogP contribution in [0.15, 0.2) is 84.9 Å². The van der Waals surface area contributed by atoms with Gasteiger partial charge in [-0.1, -0.05) is 43.3 Å². The number of nitrogens with two attached hydrogens (primary N) is 2. The predicted octanol–water partition coefficient (Wildman–Crippen LogP) is 9.02. The van der Waals surface area contributed by atoms with Gasteiger partial charge in [-0.15, -0.1) is 0 Å². The van der Waals surface area contributed by atoms with Gasteiger partial charge in [-0.2, -0.15) is 26.3 Å². The molecule has 10 heteroatoms. The van der Waals surface area contributed by atoms with E-state index in [9.17, 15) is 26.3 Å². The van der Waals surface area contributed by atoms with Gasteiger partial charge in [0, 0.05) is 17.3 Å². The van der Waals surface area contributed by atoms with E-state index in [2.05, 4.69) is 0 Å². The van der Waals surface area contributed by atoms with Gasteiger partial charge in [-0.05, 0) is 66.1 Å². The second-order valence-electron chi connectivity index (χ2n) is 8.74. The number of halogens is 6. The molecule has 0 saturated heterocycles. The van der Waals surface area contributed by atoms with Crippen molar-refractivity contribution < 1.29 is 35.8 Å². The first-order valence-corrected chi connectivity index (χ1v) is 11.9. The molecule has 0 aliphatic rings. The summed E-state index contributed by atoms with van der Waals surface area (Å²) in [6.45, 7) is 1.96. The molecule has 0 fully saturated rings. The average molecular weight is 547 g/mol. The Bertz CT molecular complexity index is 1320. The van der Waals surface area contributed by atoms with Crippen molar-refractivity contribution in [3.8, 4) is 23.0 Å². The SMILES string of the molecule is CCC(c1ccc(Oc2cccc(N)c2C(F)(F)F)cc1)c1ccc(Oc2cccc(N)c2C(F)(F)F)cc1. The summed E-state index contributed by atoms with van der Waals surface area (Å²) >= 11 is 0. The highest BCUT2D eigenvalue weighted by Crippen LogP contribution is 2.43. The molecule has 4 nitrogen and oxygen atoms in total. The van der Waals surface area contributed by atoms with Crippen LogP contribution >= 0.6 is 0 Å². The number of ether oxygens (including phenoxy) is 2. The second kappa shape index (κ2) is 10.8. The summed E-state index contributed by atoms with van der Waals surface area (Å²) in [5.41, 5.74) is 9.87. The van der Waals surface area contributed by atoms with Crippen LogP contribution in [0.3, 0.4) is 0 Å². The number of benzene rings is 4. The van der Waals surface area contributed by atoms with Gasteiger partial charge in [-0.3, -0.25) is 0 Å². The Balaban J connectivity index is 1.52. The minimum absolute atomic E-state index is 0.0932. The standard InChI is InChI=1S/C29H24F6N2O2/c1-2-21(17-9-13-19(14-10-17)38-24-7-3-5-22(36)26(24)28(30,31)32)18-11-15-20(16-12-18)39-25-8-4-6-23(37)27(25)29(33,34)35/h3-16,21H,2,36-37H2,1H3. The molecule has 0 amide bonds. The quantitative estimate of drug-likeness (QED) is 0.179. The van der Waals surface area contributed by atoms with Crippen LogP contribution in [0.2, 0.25) is 0 Å². The molecule has 0 heterocycles. The molecule has 39 heavy (non-hydrogen) atoms. The summed E-state index contributed by atoms with van der Waals surface area (Å²) in [4.78, 5) is 0. The van der Waals surface area contributed by atoms with E-state index in [-0.39, 0.29) is 17.4 Å². The van der Waals surface area contributed by atoms with E-state index < -0.39 is 46.4 Å². The Hall–Kier alpha value is -4.34. The maximum absolute atomic E-state index is 13.4. The lowest BCUT2D eigenvalue weighted by atomic mass is 9.89. The van der Waals surface area contributed by atoms with Crippen molar-refractivity contribution in [1.29, 1.82) is 0 Å². The van der Waals surface area contributed by atoms with Crippen molar-refractivity contribution in [3.63, 3.8) is 0 Å². The summed E-state index contributed by atoms with van der Waals surface area (Å²) < 4.78 is 91.6. The minimum atomic E-state index is -4.68. The molecular weight excluding hydrogens is 522 g/mol. The van der Waals surface area contributed by atoms with Crippen molar-refractivity contribution in [2.45, 2.75) is 31.6 Å². The lowest BCUT2D eigenvalue weighted by molar-refractivity contribution is -0.138. The number of rotatable bonds is 7. The Morgan fingerprint density at radius 3 is 1.26 bits per heavy atom. The predicted molar refractivity (Wildman–Crippen MR) is 137 cm³/mol. The minimum Gasteiger partial charge on any atom is -0.457 e. The highest BCUT2D eigenvalue weighted by molar-refractivity contribution is 5.58. The van der Waals surface area contributed by atoms with Crippen LogP contribution in [0.1, 0.15) is 41.5 Å². The highest BCUT2D eigenvalue weighted by Gasteiger charge is 2.38. The molecule has 4 N–H and O–H groups in total. The number of hydrogen-bond acceptors (Lipinski definition) is 4. The molecule has 0 aromatic heterocycles. The number of alkyl halides is 6. The normalized spacial score (nSPS) is 12.0. The monoisotopic (exact) mass is 546 g/mol. The van der Waals surface area contributed by atoms with Crippen LogP contribution in [0.4, 0.5) is 37.7 Å². The van der Waals surface area contributed by atoms with E-state index in [0.717, 1.165) is 23.3 Å². The van der Waals surface area contributed by atoms with Crippen molar-refractivity contribution in [2.24, 2.45) is 0 Å². The third kappa shape index (κ3) is 6.22. The van der Waals surface area contributed by atoms with Gasteiger partial charge in [0.2, 0.25) is 0 Å². The summed E-state index contributed by atoms with van der Waals surface area (Å²) in [6.07, 6.45) is -8.67. The molecule has 4 aromatic rings. The van der Waals surface area contributed by atoms with Crippen molar-refractivity contribution in [3.05, 3.63) is 107 Å². The first-order chi connectivity index (χ1) is 18.4. The van der Waals surface area contributed by atoms with Crippen LogP contribution in [-0.2, 0) is 12.4 Å². The number of anilines is 2. The van der Waals surface area contributed by atoms with E-state index >= 15 is 0 Å². The van der Waals surface area contributed by atoms with Gasteiger partial charge in [-0.25, -0.2) is 0 Å². The first-order valence-electron chi connectivity index (χ1n) is 11.9. The average Bonchev–Trinajstić information content (AvgIpc) is 2.85. The van der Waals surface area contributed by atoms with Crippen LogP contribution in [0, 0.1) is 0 Å². The van der Waals surface area contributed by atoms with Gasteiger partial charge in [0.05, 0.1) is 0 Å². The Labute approximate surface area is 220 Å². The van der Waals surface area contributed by atoms with Crippen LogP contribution in [0.25, 0.3) is 0 Å². The molecule has 0 saturated carbocycles. The van der Waals surface area contributed by atoms with Crippen LogP contribution < -0.4 is 20.9 Å². The summed E-state index contributed by atoms with van der Waals surface area (Å²) in [5.74, 6) is -0.477. The molecular formula is C29H24F6N2O2. The molecule has 0 spiro atoms. The Morgan fingerprint density at radius 1 is 0.590 bits per heavy atom. The maximum Gasteiger partial charge on any atom is 0.421 e. The molecule has 0 radical (unpaired) electrons. The largest absolute Gasteiger partial charge is 0.457 e. The maximum atomic E-state index is 13.4. The van der Waals surface area contributed by atoms with E-state index in [4.69, 9.17) is 20.9 Å². The summed E-state index contributed by atoms with van der Waals surface area (Å²) in [5, 5.41) is 0. The lowest BCUT2D eigenvalue weighted by Gasteiger charge is -2.19. The van der Waals surface area contributed by atoms with Crippen molar-refractivity contribution >= 4 is 11.4 Å². The van der Waals surface area contributed by atoms with Gasteiger partial charge < -0.3 is 20.9 Å². The first kappa shape index (κ1) is 27.7. The topological polar surface area (TPSA) is 70.5 Å². The molecule has 4 aromatic carbocycles. The smallest absolute Gasteiger partial charge is 0.421 e. The fourth-order valence-corrected chi connectivity index (χ4v) is 4.33. The molecule has 0 bridgehead atoms. The van der Waals surface area contributed by atoms with E-state index in [1.54, 1.807) is 48.5 Å². The zero-order chi connectivity index (χ0) is 28.4. The van der Waals surface area contributed by atoms with E-state index in [1.807, 2.05) is 6.92 Å². The molecule has 204 valence electrons. The van der Waals surface area contributed by atoms with Crippen LogP contribution in [-0.4, -0.2) is 0 Å². The van der Waals surface area contributed by atoms with E-state index in [1.165, 1.54) is 24.3 Å². The molecule has 0 aliphatic carbocycles. The summed E-state index contributed by atoms with van der Waals surface area (Å²) in [7, 11) is 0.